The molecule has 12 heavy (non-hydrogen) atoms. The van der Waals surface area contributed by atoms with Crippen molar-refractivity contribution in [3.63, 3.8) is 0 Å². The van der Waals surface area contributed by atoms with Gasteiger partial charge in [0.15, 0.2) is 0 Å². The Morgan fingerprint density at radius 1 is 1.25 bits per heavy atom. The largest absolute Gasteiger partial charge is 0.234 e. The Morgan fingerprint density at radius 3 is 2.33 bits per heavy atom. The average molecular weight is 168 g/mol. The fraction of sp³-hybridized carbons (Fsp3) is 0.111. The van der Waals surface area contributed by atoms with Gasteiger partial charge in [-0.05, 0) is 17.7 Å². The molecule has 0 saturated carbocycles. The topological polar surface area (TPSA) is 17.1 Å². The molecular weight excluding hydrogens is 162 g/mol. The molecule has 0 bridgehead atoms. The molecule has 0 fully saturated rings. The molecule has 0 amide bonds. The van der Waals surface area contributed by atoms with Crippen LogP contribution in [-0.2, 0) is 11.2 Å². The first-order valence-corrected chi connectivity index (χ1v) is 3.36. The molecule has 3 heteroatoms. The van der Waals surface area contributed by atoms with E-state index >= 15 is 0 Å². The summed E-state index contributed by atoms with van der Waals surface area (Å²) in [6, 6.07) is 3.14. The third-order valence-corrected chi connectivity index (χ3v) is 1.34. The Morgan fingerprint density at radius 2 is 1.83 bits per heavy atom. The van der Waals surface area contributed by atoms with Crippen molar-refractivity contribution in [1.82, 2.24) is 0 Å². The number of rotatable bonds is 2. The second-order valence-corrected chi connectivity index (χ2v) is 2.30. The van der Waals surface area contributed by atoms with E-state index < -0.39 is 11.6 Å². The second kappa shape index (κ2) is 3.79. The van der Waals surface area contributed by atoms with Crippen molar-refractivity contribution in [2.45, 2.75) is 6.42 Å². The molecule has 1 nitrogen and oxygen atoms in total. The number of carbonyl (C=O) groups excluding carboxylic acids is 1. The van der Waals surface area contributed by atoms with E-state index in [-0.39, 0.29) is 6.42 Å². The van der Waals surface area contributed by atoms with Gasteiger partial charge in [0.2, 0.25) is 0 Å². The van der Waals surface area contributed by atoms with E-state index in [9.17, 15) is 13.6 Å². The highest BCUT2D eigenvalue weighted by Gasteiger charge is 1.98. The van der Waals surface area contributed by atoms with E-state index in [0.717, 1.165) is 6.07 Å². The van der Waals surface area contributed by atoms with Crippen molar-refractivity contribution in [3.8, 4) is 0 Å². The summed E-state index contributed by atoms with van der Waals surface area (Å²) in [6.07, 6.45) is 1.38. The minimum absolute atomic E-state index is 0.207. The predicted molar refractivity (Wildman–Crippen MR) is 40.3 cm³/mol. The van der Waals surface area contributed by atoms with Gasteiger partial charge in [-0.25, -0.2) is 13.6 Å². The van der Waals surface area contributed by atoms with Crippen LogP contribution in [0.4, 0.5) is 8.78 Å². The minimum atomic E-state index is -0.635. The summed E-state index contributed by atoms with van der Waals surface area (Å²) in [6.45, 7) is 0. The van der Waals surface area contributed by atoms with Crippen LogP contribution in [0.5, 0.6) is 0 Å². The van der Waals surface area contributed by atoms with E-state index in [1.807, 2.05) is 0 Å². The zero-order chi connectivity index (χ0) is 8.97. The van der Waals surface area contributed by atoms with Crippen molar-refractivity contribution >= 4 is 5.94 Å². The zero-order valence-electron chi connectivity index (χ0n) is 6.18. The number of benzene rings is 1. The quantitative estimate of drug-likeness (QED) is 0.616. The summed E-state index contributed by atoms with van der Waals surface area (Å²) in [5.74, 6) is 0.265. The maximum atomic E-state index is 12.5. The molecule has 62 valence electrons. The van der Waals surface area contributed by atoms with Gasteiger partial charge in [-0.3, -0.25) is 0 Å². The lowest BCUT2D eigenvalue weighted by molar-refractivity contribution is 0.567. The molecule has 1 aromatic rings. The van der Waals surface area contributed by atoms with Crippen LogP contribution < -0.4 is 0 Å². The smallest absolute Gasteiger partial charge is 0.126 e. The molecule has 0 heterocycles. The molecule has 1 aromatic carbocycles. The summed E-state index contributed by atoms with van der Waals surface area (Å²) in [5.41, 5.74) is 0.427. The minimum Gasteiger partial charge on any atom is -0.234 e. The summed E-state index contributed by atoms with van der Waals surface area (Å²) in [4.78, 5) is 9.78. The molecule has 0 aliphatic carbocycles. The Hall–Kier alpha value is -1.47. The number of hydrogen-bond acceptors (Lipinski definition) is 1. The van der Waals surface area contributed by atoms with Crippen molar-refractivity contribution in [3.05, 3.63) is 41.5 Å². The lowest BCUT2D eigenvalue weighted by atomic mass is 10.1. The van der Waals surface area contributed by atoms with Gasteiger partial charge in [0.25, 0.3) is 0 Å². The summed E-state index contributed by atoms with van der Waals surface area (Å²) < 4.78 is 25.0. The van der Waals surface area contributed by atoms with Gasteiger partial charge < -0.3 is 0 Å². The Balaban J connectivity index is 2.92. The summed E-state index contributed by atoms with van der Waals surface area (Å²) in [5, 5.41) is 0. The van der Waals surface area contributed by atoms with Crippen LogP contribution in [-0.4, -0.2) is 5.94 Å². The SMILES string of the molecule is O=C=CCc1cc(F)cc(F)c1. The molecule has 0 aliphatic heterocycles. The molecule has 0 unspecified atom stereocenters. The van der Waals surface area contributed by atoms with Gasteiger partial charge in [-0.15, -0.1) is 0 Å². The van der Waals surface area contributed by atoms with Crippen LogP contribution in [0.1, 0.15) is 5.56 Å². The lowest BCUT2D eigenvalue weighted by Crippen LogP contribution is -1.86. The normalized spacial score (nSPS) is 9.17. The highest BCUT2D eigenvalue weighted by Crippen LogP contribution is 2.08. The van der Waals surface area contributed by atoms with Gasteiger partial charge in [0.1, 0.15) is 17.6 Å². The fourth-order valence-corrected chi connectivity index (χ4v) is 0.888. The number of hydrogen-bond donors (Lipinski definition) is 0. The van der Waals surface area contributed by atoms with Crippen LogP contribution in [0.2, 0.25) is 0 Å². The Kier molecular flexibility index (Phi) is 2.72. The number of halogens is 2. The molecule has 0 aromatic heterocycles. The van der Waals surface area contributed by atoms with Crippen LogP contribution in [0.25, 0.3) is 0 Å². The summed E-state index contributed by atoms with van der Waals surface area (Å²) >= 11 is 0. The van der Waals surface area contributed by atoms with Crippen molar-refractivity contribution in [1.29, 1.82) is 0 Å². The van der Waals surface area contributed by atoms with E-state index in [1.165, 1.54) is 24.2 Å². The maximum absolute atomic E-state index is 12.5. The van der Waals surface area contributed by atoms with Gasteiger partial charge in [-0.2, -0.15) is 0 Å². The monoisotopic (exact) mass is 168 g/mol. The van der Waals surface area contributed by atoms with E-state index in [1.54, 1.807) is 0 Å². The third-order valence-electron chi connectivity index (χ3n) is 1.34. The molecule has 0 N–H and O–H groups in total. The summed E-state index contributed by atoms with van der Waals surface area (Å²) in [7, 11) is 0. The van der Waals surface area contributed by atoms with Gasteiger partial charge >= 0.3 is 0 Å². The molecular formula is C9H6F2O. The highest BCUT2D eigenvalue weighted by molar-refractivity contribution is 5.46. The van der Waals surface area contributed by atoms with Crippen molar-refractivity contribution in [2.24, 2.45) is 0 Å². The molecule has 0 atom stereocenters. The Labute approximate surface area is 68.3 Å². The zero-order valence-corrected chi connectivity index (χ0v) is 6.18. The van der Waals surface area contributed by atoms with Gasteiger partial charge in [0, 0.05) is 18.6 Å². The van der Waals surface area contributed by atoms with Crippen molar-refractivity contribution in [2.75, 3.05) is 0 Å². The molecule has 0 radical (unpaired) electrons. The van der Waals surface area contributed by atoms with Crippen LogP contribution in [0, 0.1) is 11.6 Å². The molecule has 0 saturated heterocycles. The standard InChI is InChI=1S/C9H6F2O/c10-8-4-7(2-1-3-12)5-9(11)6-8/h1,4-6H,2H2. The second-order valence-electron chi connectivity index (χ2n) is 2.30. The van der Waals surface area contributed by atoms with Crippen molar-refractivity contribution < 1.29 is 13.6 Å². The molecule has 1 rings (SSSR count). The van der Waals surface area contributed by atoms with Gasteiger partial charge in [0.05, 0.1) is 0 Å². The number of allylic oxidation sites excluding steroid dienone is 1. The first kappa shape index (κ1) is 8.62. The molecule has 0 aliphatic rings. The van der Waals surface area contributed by atoms with E-state index in [4.69, 9.17) is 0 Å². The highest BCUT2D eigenvalue weighted by atomic mass is 19.1. The first-order chi connectivity index (χ1) is 5.72. The van der Waals surface area contributed by atoms with Crippen LogP contribution in [0.15, 0.2) is 24.3 Å². The van der Waals surface area contributed by atoms with Crippen LogP contribution >= 0.6 is 0 Å². The van der Waals surface area contributed by atoms with E-state index in [0.29, 0.717) is 5.56 Å². The third kappa shape index (κ3) is 2.29. The fourth-order valence-electron chi connectivity index (χ4n) is 0.888. The molecule has 0 spiro atoms. The van der Waals surface area contributed by atoms with E-state index in [2.05, 4.69) is 0 Å². The lowest BCUT2D eigenvalue weighted by Gasteiger charge is -1.95. The average Bonchev–Trinajstić information content (AvgIpc) is 1.99. The Bertz CT molecular complexity index is 307. The first-order valence-electron chi connectivity index (χ1n) is 3.36. The van der Waals surface area contributed by atoms with Gasteiger partial charge in [-0.1, -0.05) is 0 Å². The van der Waals surface area contributed by atoms with Crippen LogP contribution in [0.3, 0.4) is 0 Å². The maximum Gasteiger partial charge on any atom is 0.126 e. The predicted octanol–water partition coefficient (Wildman–Crippen LogP) is 1.90.